The predicted octanol–water partition coefficient (Wildman–Crippen LogP) is 0.463. The van der Waals surface area contributed by atoms with Gasteiger partial charge in [0.25, 0.3) is 0 Å². The molecule has 0 spiro atoms. The first-order valence-electron chi connectivity index (χ1n) is 5.66. The number of aliphatic hydroxyl groups is 1. The third-order valence-electron chi connectivity index (χ3n) is 2.84. The number of phenols is 2. The molecule has 0 saturated carbocycles. The minimum absolute atomic E-state index is 0.0407. The number of aromatic hydroxyl groups is 2. The van der Waals surface area contributed by atoms with Gasteiger partial charge in [0.1, 0.15) is 11.5 Å². The van der Waals surface area contributed by atoms with Crippen LogP contribution in [0.5, 0.6) is 11.5 Å². The van der Waals surface area contributed by atoms with Crippen molar-refractivity contribution in [2.75, 3.05) is 32.8 Å². The quantitative estimate of drug-likeness (QED) is 0.715. The zero-order valence-corrected chi connectivity index (χ0v) is 9.54. The molecule has 0 radical (unpaired) electrons. The molecular weight excluding hydrogens is 222 g/mol. The van der Waals surface area contributed by atoms with Crippen LogP contribution >= 0.6 is 0 Å². The molecule has 1 aliphatic rings. The maximum atomic E-state index is 10.0. The van der Waals surface area contributed by atoms with Crippen LogP contribution in [0.1, 0.15) is 11.7 Å². The van der Waals surface area contributed by atoms with Gasteiger partial charge in [-0.05, 0) is 17.7 Å². The SMILES string of the molecule is Oc1cc(O)cc(C(O)CN2CCOCC2)c1. The van der Waals surface area contributed by atoms with Crippen LogP contribution in [0.15, 0.2) is 18.2 Å². The van der Waals surface area contributed by atoms with Gasteiger partial charge in [0.2, 0.25) is 0 Å². The average Bonchev–Trinajstić information content (AvgIpc) is 2.29. The molecule has 17 heavy (non-hydrogen) atoms. The number of nitrogens with zero attached hydrogens (tertiary/aromatic N) is 1. The summed E-state index contributed by atoms with van der Waals surface area (Å²) >= 11 is 0. The van der Waals surface area contributed by atoms with Crippen molar-refractivity contribution in [3.63, 3.8) is 0 Å². The lowest BCUT2D eigenvalue weighted by molar-refractivity contribution is 0.0142. The first-order chi connectivity index (χ1) is 8.15. The molecular formula is C12H17NO4. The maximum Gasteiger partial charge on any atom is 0.119 e. The Morgan fingerprint density at radius 1 is 1.12 bits per heavy atom. The number of β-amino-alcohol motifs (C(OH)–C–C–N with tert-alkyl or cyclic N) is 1. The highest BCUT2D eigenvalue weighted by Gasteiger charge is 2.17. The fourth-order valence-electron chi connectivity index (χ4n) is 1.94. The zero-order valence-electron chi connectivity index (χ0n) is 9.54. The van der Waals surface area contributed by atoms with Gasteiger partial charge in [0.15, 0.2) is 0 Å². The van der Waals surface area contributed by atoms with Crippen molar-refractivity contribution in [2.24, 2.45) is 0 Å². The van der Waals surface area contributed by atoms with Crippen LogP contribution in [0.3, 0.4) is 0 Å². The molecule has 94 valence electrons. The van der Waals surface area contributed by atoms with Crippen LogP contribution in [0.4, 0.5) is 0 Å². The number of phenolic OH excluding ortho intramolecular Hbond substituents is 2. The predicted molar refractivity (Wildman–Crippen MR) is 62.0 cm³/mol. The van der Waals surface area contributed by atoms with E-state index in [1.165, 1.54) is 18.2 Å². The average molecular weight is 239 g/mol. The van der Waals surface area contributed by atoms with Gasteiger partial charge in [0.05, 0.1) is 19.3 Å². The number of rotatable bonds is 3. The van der Waals surface area contributed by atoms with E-state index >= 15 is 0 Å². The van der Waals surface area contributed by atoms with Gasteiger partial charge in [-0.3, -0.25) is 4.90 Å². The minimum Gasteiger partial charge on any atom is -0.508 e. The highest BCUT2D eigenvalue weighted by molar-refractivity contribution is 5.37. The molecule has 2 rings (SSSR count). The van der Waals surface area contributed by atoms with Crippen LogP contribution in [0.2, 0.25) is 0 Å². The molecule has 0 aliphatic carbocycles. The summed E-state index contributed by atoms with van der Waals surface area (Å²) in [5.74, 6) is -0.0814. The molecule has 0 bridgehead atoms. The Morgan fingerprint density at radius 3 is 2.29 bits per heavy atom. The molecule has 3 N–H and O–H groups in total. The summed E-state index contributed by atoms with van der Waals surface area (Å²) in [6.45, 7) is 3.42. The Labute approximate surface area is 99.9 Å². The lowest BCUT2D eigenvalue weighted by Crippen LogP contribution is -2.38. The van der Waals surface area contributed by atoms with Crippen LogP contribution in [-0.2, 0) is 4.74 Å². The van der Waals surface area contributed by atoms with Gasteiger partial charge in [-0.1, -0.05) is 0 Å². The van der Waals surface area contributed by atoms with Gasteiger partial charge in [0, 0.05) is 25.7 Å². The first kappa shape index (κ1) is 12.2. The first-order valence-corrected chi connectivity index (χ1v) is 5.66. The molecule has 1 aromatic carbocycles. The maximum absolute atomic E-state index is 10.0. The molecule has 1 aliphatic heterocycles. The third kappa shape index (κ3) is 3.33. The van der Waals surface area contributed by atoms with Gasteiger partial charge in [-0.25, -0.2) is 0 Å². The number of hydrogen-bond acceptors (Lipinski definition) is 5. The third-order valence-corrected chi connectivity index (χ3v) is 2.84. The Balaban J connectivity index is 2.00. The normalized spacial score (nSPS) is 19.1. The smallest absolute Gasteiger partial charge is 0.119 e. The molecule has 1 heterocycles. The second-order valence-corrected chi connectivity index (χ2v) is 4.21. The van der Waals surface area contributed by atoms with Crippen molar-refractivity contribution in [1.29, 1.82) is 0 Å². The number of benzene rings is 1. The molecule has 5 nitrogen and oxygen atoms in total. The molecule has 5 heteroatoms. The van der Waals surface area contributed by atoms with E-state index in [-0.39, 0.29) is 11.5 Å². The summed E-state index contributed by atoms with van der Waals surface area (Å²) < 4.78 is 5.22. The lowest BCUT2D eigenvalue weighted by atomic mass is 10.1. The van der Waals surface area contributed by atoms with Crippen LogP contribution in [-0.4, -0.2) is 53.1 Å². The molecule has 1 aromatic rings. The van der Waals surface area contributed by atoms with Crippen LogP contribution < -0.4 is 0 Å². The fourth-order valence-corrected chi connectivity index (χ4v) is 1.94. The molecule has 1 atom stereocenters. The van der Waals surface area contributed by atoms with Crippen molar-refractivity contribution in [1.82, 2.24) is 4.90 Å². The number of aliphatic hydroxyl groups excluding tert-OH is 1. The van der Waals surface area contributed by atoms with Gasteiger partial charge in [-0.15, -0.1) is 0 Å². The summed E-state index contributed by atoms with van der Waals surface area (Å²) in [4.78, 5) is 2.09. The molecule has 0 amide bonds. The summed E-state index contributed by atoms with van der Waals surface area (Å²) in [6.07, 6.45) is -0.717. The molecule has 1 unspecified atom stereocenters. The highest BCUT2D eigenvalue weighted by Crippen LogP contribution is 2.25. The largest absolute Gasteiger partial charge is 0.508 e. The standard InChI is InChI=1S/C12H17NO4/c14-10-5-9(6-11(15)7-10)12(16)8-13-1-3-17-4-2-13/h5-7,12,14-16H,1-4,8H2. The molecule has 1 fully saturated rings. The summed E-state index contributed by atoms with van der Waals surface area (Å²) in [5, 5.41) is 28.7. The monoisotopic (exact) mass is 239 g/mol. The molecule has 0 aromatic heterocycles. The Kier molecular flexibility index (Phi) is 3.83. The van der Waals surface area contributed by atoms with Gasteiger partial charge in [-0.2, -0.15) is 0 Å². The highest BCUT2D eigenvalue weighted by atomic mass is 16.5. The second kappa shape index (κ2) is 5.35. The fraction of sp³-hybridized carbons (Fsp3) is 0.500. The Hall–Kier alpha value is -1.30. The van der Waals surface area contributed by atoms with E-state index in [1.807, 2.05) is 0 Å². The van der Waals surface area contributed by atoms with E-state index in [2.05, 4.69) is 4.90 Å². The number of ether oxygens (including phenoxy) is 1. The number of morpholine rings is 1. The summed E-state index contributed by atoms with van der Waals surface area (Å²) in [6, 6.07) is 4.17. The Morgan fingerprint density at radius 2 is 1.71 bits per heavy atom. The summed E-state index contributed by atoms with van der Waals surface area (Å²) in [5.41, 5.74) is 0.522. The lowest BCUT2D eigenvalue weighted by Gasteiger charge is -2.28. The van der Waals surface area contributed by atoms with E-state index in [0.717, 1.165) is 13.1 Å². The van der Waals surface area contributed by atoms with E-state index in [4.69, 9.17) is 4.74 Å². The van der Waals surface area contributed by atoms with E-state index in [9.17, 15) is 15.3 Å². The van der Waals surface area contributed by atoms with Crippen molar-refractivity contribution in [2.45, 2.75) is 6.10 Å². The Bertz CT molecular complexity index is 357. The van der Waals surface area contributed by atoms with Crippen molar-refractivity contribution < 1.29 is 20.1 Å². The van der Waals surface area contributed by atoms with Crippen LogP contribution in [0, 0.1) is 0 Å². The van der Waals surface area contributed by atoms with Gasteiger partial charge < -0.3 is 20.1 Å². The van der Waals surface area contributed by atoms with Gasteiger partial charge >= 0.3 is 0 Å². The van der Waals surface area contributed by atoms with Crippen molar-refractivity contribution in [3.8, 4) is 11.5 Å². The molecule has 1 saturated heterocycles. The second-order valence-electron chi connectivity index (χ2n) is 4.21. The summed E-state index contributed by atoms with van der Waals surface area (Å²) in [7, 11) is 0. The van der Waals surface area contributed by atoms with Crippen molar-refractivity contribution >= 4 is 0 Å². The number of hydrogen-bond donors (Lipinski definition) is 3. The van der Waals surface area contributed by atoms with E-state index < -0.39 is 6.10 Å². The zero-order chi connectivity index (χ0) is 12.3. The van der Waals surface area contributed by atoms with E-state index in [0.29, 0.717) is 25.3 Å². The van der Waals surface area contributed by atoms with Crippen LogP contribution in [0.25, 0.3) is 0 Å². The van der Waals surface area contributed by atoms with Crippen molar-refractivity contribution in [3.05, 3.63) is 23.8 Å². The topological polar surface area (TPSA) is 73.2 Å². The minimum atomic E-state index is -0.717. The van der Waals surface area contributed by atoms with E-state index in [1.54, 1.807) is 0 Å².